The number of nitrogens with one attached hydrogen (secondary N) is 1. The molecule has 0 atom stereocenters. The highest BCUT2D eigenvalue weighted by molar-refractivity contribution is 8.00. The van der Waals surface area contributed by atoms with Crippen LogP contribution in [0.15, 0.2) is 59.6 Å². The second-order valence-electron chi connectivity index (χ2n) is 6.65. The number of hydrogen-bond donors (Lipinski definition) is 1. The molecule has 3 rings (SSSR count). The number of aromatic nitrogens is 1. The molecule has 0 saturated heterocycles. The van der Waals surface area contributed by atoms with Crippen LogP contribution in [0.3, 0.4) is 0 Å². The number of benzene rings is 2. The zero-order valence-electron chi connectivity index (χ0n) is 17.2. The molecular formula is C23H17F4N3O2S. The normalized spacial score (nSPS) is 11.0. The number of amides is 1. The van der Waals surface area contributed by atoms with Crippen molar-refractivity contribution in [1.82, 2.24) is 4.98 Å². The summed E-state index contributed by atoms with van der Waals surface area (Å²) in [5.41, 5.74) is -1.06. The molecule has 3 aromatic rings. The monoisotopic (exact) mass is 475 g/mol. The number of nitriles is 1. The third-order valence-corrected chi connectivity index (χ3v) is 5.31. The van der Waals surface area contributed by atoms with Crippen molar-refractivity contribution in [2.45, 2.75) is 18.1 Å². The van der Waals surface area contributed by atoms with Crippen LogP contribution in [0.2, 0.25) is 0 Å². The molecule has 1 N–H and O–H groups in total. The number of rotatable bonds is 7. The molecule has 1 aromatic heterocycles. The molecule has 0 aliphatic carbocycles. The maximum Gasteiger partial charge on any atom is 0.417 e. The van der Waals surface area contributed by atoms with Gasteiger partial charge in [0.2, 0.25) is 5.91 Å². The molecule has 1 amide bonds. The molecule has 0 radical (unpaired) electrons. The first-order chi connectivity index (χ1) is 15.7. The Morgan fingerprint density at radius 2 is 1.82 bits per heavy atom. The Hall–Kier alpha value is -3.58. The van der Waals surface area contributed by atoms with E-state index < -0.39 is 29.0 Å². The Kier molecular flexibility index (Phi) is 7.55. The van der Waals surface area contributed by atoms with Gasteiger partial charge in [-0.3, -0.25) is 4.79 Å². The van der Waals surface area contributed by atoms with Crippen molar-refractivity contribution in [3.8, 4) is 23.1 Å². The van der Waals surface area contributed by atoms with Crippen molar-refractivity contribution in [3.05, 3.63) is 71.5 Å². The number of hydrogen-bond acceptors (Lipinski definition) is 5. The SMILES string of the molecule is CCOc1ccc(-c2cc(C(F)(F)F)c(C#N)c(SCC(=O)Nc3ccc(F)cc3)n2)cc1. The number of alkyl halides is 3. The maximum absolute atomic E-state index is 13.7. The van der Waals surface area contributed by atoms with Crippen LogP contribution in [0.4, 0.5) is 23.2 Å². The molecule has 0 fully saturated rings. The quantitative estimate of drug-likeness (QED) is 0.340. The fourth-order valence-electron chi connectivity index (χ4n) is 2.86. The van der Waals surface area contributed by atoms with Crippen molar-refractivity contribution in [3.63, 3.8) is 0 Å². The summed E-state index contributed by atoms with van der Waals surface area (Å²) in [5.74, 6) is -0.769. The van der Waals surface area contributed by atoms with Crippen LogP contribution in [0.25, 0.3) is 11.3 Å². The second kappa shape index (κ2) is 10.4. The number of nitrogens with zero attached hydrogens (tertiary/aromatic N) is 2. The van der Waals surface area contributed by atoms with Gasteiger partial charge in [0.05, 0.1) is 29.2 Å². The first-order valence-electron chi connectivity index (χ1n) is 9.65. The van der Waals surface area contributed by atoms with Crippen LogP contribution < -0.4 is 10.1 Å². The number of carbonyl (C=O) groups excluding carboxylic acids is 1. The highest BCUT2D eigenvalue weighted by atomic mass is 32.2. The van der Waals surface area contributed by atoms with Gasteiger partial charge in [0, 0.05) is 11.3 Å². The van der Waals surface area contributed by atoms with E-state index in [0.717, 1.165) is 18.2 Å². The van der Waals surface area contributed by atoms with Crippen molar-refractivity contribution >= 4 is 23.4 Å². The lowest BCUT2D eigenvalue weighted by Crippen LogP contribution is -2.15. The fourth-order valence-corrected chi connectivity index (χ4v) is 3.66. The van der Waals surface area contributed by atoms with Gasteiger partial charge in [0.15, 0.2) is 0 Å². The lowest BCUT2D eigenvalue weighted by atomic mass is 10.1. The van der Waals surface area contributed by atoms with Gasteiger partial charge in [-0.05, 0) is 61.5 Å². The summed E-state index contributed by atoms with van der Waals surface area (Å²) in [5, 5.41) is 11.7. The van der Waals surface area contributed by atoms with Gasteiger partial charge in [-0.15, -0.1) is 0 Å². The lowest BCUT2D eigenvalue weighted by Gasteiger charge is -2.14. The predicted octanol–water partition coefficient (Wildman–Crippen LogP) is 5.91. The van der Waals surface area contributed by atoms with Gasteiger partial charge in [-0.2, -0.15) is 18.4 Å². The van der Waals surface area contributed by atoms with E-state index in [4.69, 9.17) is 4.74 Å². The molecular weight excluding hydrogens is 458 g/mol. The Balaban J connectivity index is 1.90. The molecule has 0 aliphatic heterocycles. The van der Waals surface area contributed by atoms with Crippen molar-refractivity contribution < 1.29 is 27.1 Å². The largest absolute Gasteiger partial charge is 0.494 e. The zero-order chi connectivity index (χ0) is 24.0. The van der Waals surface area contributed by atoms with Gasteiger partial charge in [0.25, 0.3) is 0 Å². The molecule has 0 saturated carbocycles. The van der Waals surface area contributed by atoms with Crippen LogP contribution in [0.1, 0.15) is 18.1 Å². The van der Waals surface area contributed by atoms with Crippen molar-refractivity contribution in [2.24, 2.45) is 0 Å². The first-order valence-corrected chi connectivity index (χ1v) is 10.6. The summed E-state index contributed by atoms with van der Waals surface area (Å²) in [4.78, 5) is 16.5. The minimum absolute atomic E-state index is 0.00539. The summed E-state index contributed by atoms with van der Waals surface area (Å²) in [6, 6.07) is 13.7. The Labute approximate surface area is 191 Å². The van der Waals surface area contributed by atoms with Gasteiger partial charge in [-0.1, -0.05) is 11.8 Å². The third-order valence-electron chi connectivity index (χ3n) is 4.33. The average molecular weight is 475 g/mol. The maximum atomic E-state index is 13.7. The smallest absolute Gasteiger partial charge is 0.417 e. The molecule has 0 bridgehead atoms. The van der Waals surface area contributed by atoms with E-state index in [1.807, 2.05) is 0 Å². The van der Waals surface area contributed by atoms with Gasteiger partial charge >= 0.3 is 6.18 Å². The summed E-state index contributed by atoms with van der Waals surface area (Å²) in [6.07, 6.45) is -4.79. The highest BCUT2D eigenvalue weighted by Crippen LogP contribution is 2.38. The molecule has 0 spiro atoms. The Morgan fingerprint density at radius 3 is 2.39 bits per heavy atom. The van der Waals surface area contributed by atoms with Crippen LogP contribution in [0, 0.1) is 17.1 Å². The zero-order valence-corrected chi connectivity index (χ0v) is 18.1. The molecule has 1 heterocycles. The number of anilines is 1. The highest BCUT2D eigenvalue weighted by Gasteiger charge is 2.36. The number of thioether (sulfide) groups is 1. The van der Waals surface area contributed by atoms with Crippen LogP contribution in [-0.2, 0) is 11.0 Å². The molecule has 0 unspecified atom stereocenters. The molecule has 170 valence electrons. The van der Waals surface area contributed by atoms with E-state index in [-0.39, 0.29) is 16.5 Å². The standard InChI is InChI=1S/C23H17F4N3O2S/c1-2-32-17-9-3-14(4-10-17)20-11-19(23(25,26)27)18(12-28)22(30-20)33-13-21(31)29-16-7-5-15(24)6-8-16/h3-11H,2,13H2,1H3,(H,29,31). The van der Waals surface area contributed by atoms with E-state index in [1.54, 1.807) is 37.3 Å². The number of halogens is 4. The second-order valence-corrected chi connectivity index (χ2v) is 7.61. The third kappa shape index (κ3) is 6.23. The summed E-state index contributed by atoms with van der Waals surface area (Å²) < 4.78 is 59.4. The van der Waals surface area contributed by atoms with E-state index in [0.29, 0.717) is 35.4 Å². The van der Waals surface area contributed by atoms with E-state index in [9.17, 15) is 27.6 Å². The van der Waals surface area contributed by atoms with E-state index >= 15 is 0 Å². The Morgan fingerprint density at radius 1 is 1.15 bits per heavy atom. The number of pyridine rings is 1. The topological polar surface area (TPSA) is 75.0 Å². The minimum atomic E-state index is -4.79. The first kappa shape index (κ1) is 24.1. The van der Waals surface area contributed by atoms with E-state index in [1.165, 1.54) is 12.1 Å². The summed E-state index contributed by atoms with van der Waals surface area (Å²) >= 11 is 0.708. The van der Waals surface area contributed by atoms with Crippen LogP contribution in [-0.4, -0.2) is 23.3 Å². The van der Waals surface area contributed by atoms with Gasteiger partial charge < -0.3 is 10.1 Å². The van der Waals surface area contributed by atoms with Crippen molar-refractivity contribution in [1.29, 1.82) is 5.26 Å². The Bertz CT molecular complexity index is 1170. The summed E-state index contributed by atoms with van der Waals surface area (Å²) in [7, 11) is 0. The van der Waals surface area contributed by atoms with E-state index in [2.05, 4.69) is 10.3 Å². The number of ether oxygens (including phenoxy) is 1. The van der Waals surface area contributed by atoms with Crippen LogP contribution in [0.5, 0.6) is 5.75 Å². The fraction of sp³-hybridized carbons (Fsp3) is 0.174. The predicted molar refractivity (Wildman–Crippen MR) is 116 cm³/mol. The average Bonchev–Trinajstić information content (AvgIpc) is 2.78. The molecule has 5 nitrogen and oxygen atoms in total. The minimum Gasteiger partial charge on any atom is -0.494 e. The lowest BCUT2D eigenvalue weighted by molar-refractivity contribution is -0.138. The molecule has 10 heteroatoms. The van der Waals surface area contributed by atoms with Gasteiger partial charge in [0.1, 0.15) is 22.7 Å². The molecule has 2 aromatic carbocycles. The molecule has 33 heavy (non-hydrogen) atoms. The number of carbonyl (C=O) groups is 1. The summed E-state index contributed by atoms with van der Waals surface area (Å²) in [6.45, 7) is 2.24. The van der Waals surface area contributed by atoms with Crippen LogP contribution >= 0.6 is 11.8 Å². The molecule has 0 aliphatic rings. The van der Waals surface area contributed by atoms with Crippen molar-refractivity contribution in [2.75, 3.05) is 17.7 Å². The van der Waals surface area contributed by atoms with Gasteiger partial charge in [-0.25, -0.2) is 9.37 Å².